The fourth-order valence-electron chi connectivity index (χ4n) is 1.49. The average Bonchev–Trinajstić information content (AvgIpc) is 2.40. The van der Waals surface area contributed by atoms with Crippen LogP contribution in [-0.2, 0) is 17.1 Å². The number of rotatable bonds is 4. The average molecular weight is 279 g/mol. The summed E-state index contributed by atoms with van der Waals surface area (Å²) >= 11 is 0. The molecule has 2 rings (SSSR count). The fraction of sp³-hybridized carbons (Fsp3) is 0. The van der Waals surface area contributed by atoms with E-state index in [4.69, 9.17) is 0 Å². The van der Waals surface area contributed by atoms with Gasteiger partial charge in [-0.1, -0.05) is 53.9 Å². The van der Waals surface area contributed by atoms with E-state index in [0.29, 0.717) is 11.1 Å². The molecule has 0 N–H and O–H groups in total. The molecule has 0 amide bonds. The van der Waals surface area contributed by atoms with E-state index < -0.39 is 0 Å². The topological polar surface area (TPSA) is 34.1 Å². The summed E-state index contributed by atoms with van der Waals surface area (Å²) in [4.78, 5) is 23.5. The number of ketones is 2. The molecule has 0 saturated carbocycles. The monoisotopic (exact) mass is 279 g/mol. The second kappa shape index (κ2) is 6.80. The first-order valence-corrected chi connectivity index (χ1v) is 5.31. The van der Waals surface area contributed by atoms with Crippen LogP contribution in [0.25, 0.3) is 0 Å². The first kappa shape index (κ1) is 14.2. The van der Waals surface area contributed by atoms with Crippen molar-refractivity contribution in [1.29, 1.82) is 0 Å². The summed E-state index contributed by atoms with van der Waals surface area (Å²) in [5.41, 5.74) is 1.05. The molecule has 2 aromatic rings. The summed E-state index contributed by atoms with van der Waals surface area (Å²) in [6.07, 6.45) is 1.13. The van der Waals surface area contributed by atoms with Gasteiger partial charge in [-0.2, -0.15) is 0 Å². The zero-order valence-corrected chi connectivity index (χ0v) is 10.6. The van der Waals surface area contributed by atoms with Crippen LogP contribution in [0.5, 0.6) is 0 Å². The summed E-state index contributed by atoms with van der Waals surface area (Å²) in [7, 11) is 0. The van der Waals surface area contributed by atoms with Crippen molar-refractivity contribution in [3.8, 4) is 0 Å². The summed E-state index contributed by atoms with van der Waals surface area (Å²) in [6.45, 7) is 0. The minimum absolute atomic E-state index is 0. The molecule has 0 aliphatic rings. The molecule has 3 heteroatoms. The molecule has 0 saturated heterocycles. The van der Waals surface area contributed by atoms with Gasteiger partial charge < -0.3 is 9.59 Å². The van der Waals surface area contributed by atoms with Crippen molar-refractivity contribution in [3.05, 3.63) is 78.2 Å². The molecule has 2 aromatic carbocycles. The van der Waals surface area contributed by atoms with E-state index in [1.165, 1.54) is 0 Å². The van der Waals surface area contributed by atoms with Crippen molar-refractivity contribution in [3.63, 3.8) is 0 Å². The van der Waals surface area contributed by atoms with Gasteiger partial charge in [-0.3, -0.25) is 0 Å². The Bertz CT molecular complexity index is 471. The van der Waals surface area contributed by atoms with E-state index in [1.807, 2.05) is 12.1 Å². The van der Waals surface area contributed by atoms with E-state index in [1.54, 1.807) is 48.5 Å². The molecule has 0 atom stereocenters. The molecule has 18 heavy (non-hydrogen) atoms. The van der Waals surface area contributed by atoms with E-state index in [-0.39, 0.29) is 28.6 Å². The van der Waals surface area contributed by atoms with Gasteiger partial charge in [0.05, 0.1) is 11.6 Å². The third-order valence-corrected chi connectivity index (χ3v) is 2.38. The standard InChI is InChI=1S/C15H11O2.Fe/c16-14(12-7-3-1-4-8-12)11-15(17)13-9-5-2-6-10-13;/h1-11H;/q-1;. The number of hydrogen-bond donors (Lipinski definition) is 0. The molecule has 0 aromatic heterocycles. The van der Waals surface area contributed by atoms with Crippen molar-refractivity contribution in [1.82, 2.24) is 0 Å². The molecular weight excluding hydrogens is 268 g/mol. The van der Waals surface area contributed by atoms with Crippen molar-refractivity contribution in [2.45, 2.75) is 0 Å². The molecule has 92 valence electrons. The number of Topliss-reactive ketones (excluding diaryl/α,β-unsaturated/α-hetero) is 2. The molecule has 0 radical (unpaired) electrons. The second-order valence-electron chi connectivity index (χ2n) is 3.60. The van der Waals surface area contributed by atoms with E-state index in [9.17, 15) is 9.59 Å². The SMILES string of the molecule is O=C([CH-]C(=O)c1ccccc1)c1ccccc1.[Fe]. The van der Waals surface area contributed by atoms with Crippen LogP contribution >= 0.6 is 0 Å². The third-order valence-electron chi connectivity index (χ3n) is 2.38. The first-order chi connectivity index (χ1) is 8.27. The molecule has 0 bridgehead atoms. The van der Waals surface area contributed by atoms with Crippen LogP contribution in [0.2, 0.25) is 0 Å². The third kappa shape index (κ3) is 3.59. The normalized spacial score (nSPS) is 9.11. The van der Waals surface area contributed by atoms with Crippen LogP contribution in [0.3, 0.4) is 0 Å². The molecule has 0 fully saturated rings. The predicted octanol–water partition coefficient (Wildman–Crippen LogP) is 2.95. The Morgan fingerprint density at radius 3 is 1.33 bits per heavy atom. The molecular formula is C15H11FeO2-. The van der Waals surface area contributed by atoms with Crippen LogP contribution in [0.15, 0.2) is 60.7 Å². The van der Waals surface area contributed by atoms with E-state index in [0.717, 1.165) is 6.42 Å². The number of carbonyl (C=O) groups is 2. The minimum atomic E-state index is -0.264. The van der Waals surface area contributed by atoms with E-state index in [2.05, 4.69) is 0 Å². The van der Waals surface area contributed by atoms with Crippen molar-refractivity contribution in [2.75, 3.05) is 0 Å². The Labute approximate surface area is 117 Å². The molecule has 0 aliphatic carbocycles. The minimum Gasteiger partial charge on any atom is -0.318 e. The quantitative estimate of drug-likeness (QED) is 0.373. The molecule has 0 spiro atoms. The van der Waals surface area contributed by atoms with Gasteiger partial charge in [0, 0.05) is 17.1 Å². The fourth-order valence-corrected chi connectivity index (χ4v) is 1.49. The Balaban J connectivity index is 0.00000162. The van der Waals surface area contributed by atoms with Crippen LogP contribution in [-0.4, -0.2) is 11.6 Å². The van der Waals surface area contributed by atoms with Gasteiger partial charge in [0.2, 0.25) is 0 Å². The van der Waals surface area contributed by atoms with Crippen LogP contribution in [0.4, 0.5) is 0 Å². The maximum absolute atomic E-state index is 11.8. The van der Waals surface area contributed by atoms with Gasteiger partial charge in [0.1, 0.15) is 0 Å². The zero-order valence-electron chi connectivity index (χ0n) is 9.52. The summed E-state index contributed by atoms with van der Waals surface area (Å²) < 4.78 is 0. The van der Waals surface area contributed by atoms with Gasteiger partial charge in [-0.05, 0) is 0 Å². The Hall–Kier alpha value is -1.83. The second-order valence-corrected chi connectivity index (χ2v) is 3.60. The van der Waals surface area contributed by atoms with Crippen LogP contribution < -0.4 is 0 Å². The van der Waals surface area contributed by atoms with Gasteiger partial charge >= 0.3 is 0 Å². The Morgan fingerprint density at radius 1 is 0.667 bits per heavy atom. The van der Waals surface area contributed by atoms with Crippen molar-refractivity contribution < 1.29 is 26.7 Å². The molecule has 0 unspecified atom stereocenters. The van der Waals surface area contributed by atoms with Crippen LogP contribution in [0, 0.1) is 6.42 Å². The first-order valence-electron chi connectivity index (χ1n) is 5.31. The predicted molar refractivity (Wildman–Crippen MR) is 65.8 cm³/mol. The van der Waals surface area contributed by atoms with Crippen LogP contribution in [0.1, 0.15) is 20.7 Å². The molecule has 0 aliphatic heterocycles. The number of benzene rings is 2. The van der Waals surface area contributed by atoms with E-state index >= 15 is 0 Å². The number of carbonyl (C=O) groups excluding carboxylic acids is 2. The van der Waals surface area contributed by atoms with Gasteiger partial charge in [0.15, 0.2) is 0 Å². The van der Waals surface area contributed by atoms with Crippen molar-refractivity contribution >= 4 is 11.6 Å². The van der Waals surface area contributed by atoms with Gasteiger partial charge in [-0.25, -0.2) is 0 Å². The van der Waals surface area contributed by atoms with Gasteiger partial charge in [-0.15, -0.1) is 24.3 Å². The van der Waals surface area contributed by atoms with Crippen molar-refractivity contribution in [2.24, 2.45) is 0 Å². The molecule has 2 nitrogen and oxygen atoms in total. The summed E-state index contributed by atoms with van der Waals surface area (Å²) in [6, 6.07) is 17.5. The largest absolute Gasteiger partial charge is 0.318 e. The summed E-state index contributed by atoms with van der Waals surface area (Å²) in [5.74, 6) is -0.529. The smallest absolute Gasteiger partial charge is 0.0832 e. The summed E-state index contributed by atoms with van der Waals surface area (Å²) in [5, 5.41) is 0. The number of hydrogen-bond acceptors (Lipinski definition) is 2. The Kier molecular flexibility index (Phi) is 5.37. The Morgan fingerprint density at radius 2 is 1.00 bits per heavy atom. The maximum Gasteiger partial charge on any atom is 0.0832 e. The molecule has 0 heterocycles. The van der Waals surface area contributed by atoms with Gasteiger partial charge in [0.25, 0.3) is 0 Å². The zero-order chi connectivity index (χ0) is 12.1. The maximum atomic E-state index is 11.8.